The van der Waals surface area contributed by atoms with Crippen LogP contribution in [-0.4, -0.2) is 57.6 Å². The van der Waals surface area contributed by atoms with Crippen molar-refractivity contribution in [3.63, 3.8) is 0 Å². The molecule has 0 aliphatic carbocycles. The fourth-order valence-electron chi connectivity index (χ4n) is 4.59. The highest BCUT2D eigenvalue weighted by atomic mass is 32.2. The minimum Gasteiger partial charge on any atom is -0.497 e. The molecular formula is C31H29F3N6O4S. The second kappa shape index (κ2) is 13.4. The molecule has 1 saturated heterocycles. The van der Waals surface area contributed by atoms with E-state index >= 15 is 0 Å². The lowest BCUT2D eigenvalue weighted by Crippen LogP contribution is -2.32. The van der Waals surface area contributed by atoms with Crippen molar-refractivity contribution in [1.29, 1.82) is 0 Å². The van der Waals surface area contributed by atoms with Crippen molar-refractivity contribution in [2.45, 2.75) is 32.5 Å². The van der Waals surface area contributed by atoms with E-state index < -0.39 is 12.4 Å². The molecule has 0 atom stereocenters. The van der Waals surface area contributed by atoms with E-state index in [1.807, 2.05) is 50.2 Å². The first-order chi connectivity index (χ1) is 21.5. The molecule has 45 heavy (non-hydrogen) atoms. The molecule has 1 fully saturated rings. The Bertz CT molecular complexity index is 1710. The van der Waals surface area contributed by atoms with E-state index in [0.717, 1.165) is 16.7 Å². The van der Waals surface area contributed by atoms with Crippen molar-refractivity contribution in [1.82, 2.24) is 20.1 Å². The molecule has 10 nitrogen and oxygen atoms in total. The number of ether oxygens (including phenoxy) is 2. The van der Waals surface area contributed by atoms with Crippen molar-refractivity contribution < 1.29 is 32.2 Å². The Hall–Kier alpha value is -4.85. The fourth-order valence-corrected chi connectivity index (χ4v) is 5.45. The van der Waals surface area contributed by atoms with Gasteiger partial charge in [-0.1, -0.05) is 55.9 Å². The molecule has 0 radical (unpaired) electrons. The van der Waals surface area contributed by atoms with Gasteiger partial charge in [0.15, 0.2) is 11.0 Å². The number of carbonyl (C=O) groups is 2. The summed E-state index contributed by atoms with van der Waals surface area (Å²) in [4.78, 5) is 35.5. The van der Waals surface area contributed by atoms with Gasteiger partial charge in [-0.2, -0.15) is 4.99 Å². The standard InChI is InChI=1S/C31H29F3N6O4S/c1-19(2)25-13-12-24(43-3)16-26(25)40-27(41)17-45-30(40)37-29(42)35-15-14-20-4-6-21(7-5-20)28-36-18-39(38-28)22-8-10-23(11-9-22)44-31(32,33)34/h4-13,16,18-19H,14-15,17H2,1-3H3,(H,35,42)/b37-30-. The topological polar surface area (TPSA) is 111 Å². The number of halogens is 3. The summed E-state index contributed by atoms with van der Waals surface area (Å²) in [6, 6.07) is 17.8. The Balaban J connectivity index is 1.18. The van der Waals surface area contributed by atoms with E-state index in [2.05, 4.69) is 25.1 Å². The molecule has 234 valence electrons. The highest BCUT2D eigenvalue weighted by molar-refractivity contribution is 8.15. The van der Waals surface area contributed by atoms with Gasteiger partial charge in [0.1, 0.15) is 17.8 Å². The van der Waals surface area contributed by atoms with Gasteiger partial charge >= 0.3 is 12.4 Å². The first-order valence-electron chi connectivity index (χ1n) is 13.9. The van der Waals surface area contributed by atoms with Crippen molar-refractivity contribution in [2.75, 3.05) is 24.3 Å². The van der Waals surface area contributed by atoms with Crippen LogP contribution in [0.25, 0.3) is 17.1 Å². The number of anilines is 1. The van der Waals surface area contributed by atoms with E-state index in [9.17, 15) is 22.8 Å². The van der Waals surface area contributed by atoms with Crippen LogP contribution in [0.3, 0.4) is 0 Å². The van der Waals surface area contributed by atoms with Crippen LogP contribution in [0.15, 0.2) is 78.0 Å². The monoisotopic (exact) mass is 638 g/mol. The van der Waals surface area contributed by atoms with E-state index in [-0.39, 0.29) is 23.3 Å². The molecule has 3 aromatic carbocycles. The van der Waals surface area contributed by atoms with Gasteiger partial charge in [0, 0.05) is 18.2 Å². The lowest BCUT2D eigenvalue weighted by atomic mass is 10.00. The predicted octanol–water partition coefficient (Wildman–Crippen LogP) is 6.35. The average molecular weight is 639 g/mol. The highest BCUT2D eigenvalue weighted by Gasteiger charge is 2.33. The maximum atomic E-state index is 12.8. The van der Waals surface area contributed by atoms with E-state index in [1.165, 1.54) is 51.9 Å². The Morgan fingerprint density at radius 3 is 2.44 bits per heavy atom. The molecule has 5 rings (SSSR count). The third-order valence-electron chi connectivity index (χ3n) is 6.79. The Morgan fingerprint density at radius 1 is 1.07 bits per heavy atom. The molecule has 4 aromatic rings. The minimum absolute atomic E-state index is 0.139. The number of benzene rings is 3. The Kier molecular flexibility index (Phi) is 9.42. The zero-order chi connectivity index (χ0) is 32.1. The minimum atomic E-state index is -4.76. The summed E-state index contributed by atoms with van der Waals surface area (Å²) in [7, 11) is 1.56. The molecule has 1 N–H and O–H groups in total. The van der Waals surface area contributed by atoms with Crippen LogP contribution in [-0.2, 0) is 11.2 Å². The maximum absolute atomic E-state index is 12.8. The molecule has 0 unspecified atom stereocenters. The summed E-state index contributed by atoms with van der Waals surface area (Å²) in [5, 5.41) is 7.51. The van der Waals surface area contributed by atoms with Crippen LogP contribution in [0.2, 0.25) is 0 Å². The van der Waals surface area contributed by atoms with E-state index in [1.54, 1.807) is 13.2 Å². The number of nitrogens with zero attached hydrogens (tertiary/aromatic N) is 5. The van der Waals surface area contributed by atoms with Gasteiger partial charge in [0.25, 0.3) is 0 Å². The first-order valence-corrected chi connectivity index (χ1v) is 14.9. The summed E-state index contributed by atoms with van der Waals surface area (Å²) >= 11 is 1.21. The number of amides is 3. The number of nitrogens with one attached hydrogen (secondary N) is 1. The number of urea groups is 1. The lowest BCUT2D eigenvalue weighted by Gasteiger charge is -2.22. The molecular weight excluding hydrogens is 609 g/mol. The molecule has 3 amide bonds. The van der Waals surface area contributed by atoms with Gasteiger partial charge in [-0.25, -0.2) is 14.5 Å². The Morgan fingerprint density at radius 2 is 1.78 bits per heavy atom. The third-order valence-corrected chi connectivity index (χ3v) is 7.72. The molecule has 0 bridgehead atoms. The van der Waals surface area contributed by atoms with E-state index in [4.69, 9.17) is 4.74 Å². The van der Waals surface area contributed by atoms with Gasteiger partial charge in [-0.3, -0.25) is 9.69 Å². The molecule has 2 heterocycles. The summed E-state index contributed by atoms with van der Waals surface area (Å²) < 4.78 is 47.9. The van der Waals surface area contributed by atoms with Crippen LogP contribution in [0, 0.1) is 0 Å². The molecule has 1 aliphatic rings. The lowest BCUT2D eigenvalue weighted by molar-refractivity contribution is -0.274. The van der Waals surface area contributed by atoms with Gasteiger partial charge in [-0.15, -0.1) is 18.3 Å². The number of thioether (sulfide) groups is 1. The summed E-state index contributed by atoms with van der Waals surface area (Å²) in [6.07, 6.45) is -2.76. The molecule has 1 aliphatic heterocycles. The number of amidine groups is 1. The van der Waals surface area contributed by atoms with Crippen LogP contribution in [0.5, 0.6) is 11.5 Å². The van der Waals surface area contributed by atoms with Crippen molar-refractivity contribution in [2.24, 2.45) is 4.99 Å². The second-order valence-corrected chi connectivity index (χ2v) is 11.2. The van der Waals surface area contributed by atoms with Gasteiger partial charge in [0.2, 0.25) is 5.91 Å². The second-order valence-electron chi connectivity index (χ2n) is 10.2. The quantitative estimate of drug-likeness (QED) is 0.227. The number of alkyl halides is 3. The van der Waals surface area contributed by atoms with Gasteiger partial charge < -0.3 is 14.8 Å². The van der Waals surface area contributed by atoms with Gasteiger partial charge in [-0.05, 0) is 53.8 Å². The zero-order valence-corrected chi connectivity index (χ0v) is 25.4. The van der Waals surface area contributed by atoms with Crippen molar-refractivity contribution >= 4 is 34.6 Å². The van der Waals surface area contributed by atoms with Crippen LogP contribution < -0.4 is 19.7 Å². The maximum Gasteiger partial charge on any atom is 0.573 e. The van der Waals surface area contributed by atoms with Crippen molar-refractivity contribution in [3.05, 3.63) is 84.2 Å². The molecule has 0 spiro atoms. The van der Waals surface area contributed by atoms with Gasteiger partial charge in [0.05, 0.1) is 24.2 Å². The van der Waals surface area contributed by atoms with Crippen molar-refractivity contribution in [3.8, 4) is 28.6 Å². The van der Waals surface area contributed by atoms with E-state index in [0.29, 0.717) is 41.1 Å². The number of hydrogen-bond acceptors (Lipinski definition) is 7. The number of hydrogen-bond donors (Lipinski definition) is 1. The largest absolute Gasteiger partial charge is 0.573 e. The van der Waals surface area contributed by atoms with Crippen LogP contribution >= 0.6 is 11.8 Å². The fraction of sp³-hybridized carbons (Fsp3) is 0.258. The number of methoxy groups -OCH3 is 1. The number of carbonyl (C=O) groups excluding carboxylic acids is 2. The zero-order valence-electron chi connectivity index (χ0n) is 24.5. The first kappa shape index (κ1) is 31.6. The highest BCUT2D eigenvalue weighted by Crippen LogP contribution is 2.36. The Labute approximate surface area is 261 Å². The van der Waals surface area contributed by atoms with Crippen LogP contribution in [0.1, 0.15) is 30.9 Å². The summed E-state index contributed by atoms with van der Waals surface area (Å²) in [5.74, 6) is 0.879. The SMILES string of the molecule is COc1ccc(C(C)C)c(N2C(=O)CS/C2=N\C(=O)NCCc2ccc(-c3ncn(-c4ccc(OC(F)(F)F)cc4)n3)cc2)c1. The number of aliphatic imine (C=N–C) groups is 1. The summed E-state index contributed by atoms with van der Waals surface area (Å²) in [5.41, 5.74) is 3.81. The number of rotatable bonds is 9. The normalized spacial score (nSPS) is 14.3. The average Bonchev–Trinajstić information content (AvgIpc) is 3.64. The smallest absolute Gasteiger partial charge is 0.497 e. The molecule has 1 aromatic heterocycles. The third kappa shape index (κ3) is 7.81. The molecule has 0 saturated carbocycles. The summed E-state index contributed by atoms with van der Waals surface area (Å²) in [6.45, 7) is 4.38. The number of aromatic nitrogens is 3. The van der Waals surface area contributed by atoms with Crippen LogP contribution in [0.4, 0.5) is 23.7 Å². The predicted molar refractivity (Wildman–Crippen MR) is 165 cm³/mol. The molecule has 14 heteroatoms.